The first-order valence-electron chi connectivity index (χ1n) is 6.83. The number of rotatable bonds is 7. The topological polar surface area (TPSA) is 55.4 Å². The Hall–Kier alpha value is -1.33. The highest BCUT2D eigenvalue weighted by atomic mass is 32.2. The zero-order valence-corrected chi connectivity index (χ0v) is 12.4. The second-order valence-electron chi connectivity index (χ2n) is 5.14. The van der Waals surface area contributed by atoms with Crippen molar-refractivity contribution in [2.24, 2.45) is 5.92 Å². The van der Waals surface area contributed by atoms with Crippen LogP contribution in [0.15, 0.2) is 36.9 Å². The highest BCUT2D eigenvalue weighted by Crippen LogP contribution is 2.17. The van der Waals surface area contributed by atoms with E-state index in [0.717, 1.165) is 30.8 Å². The van der Waals surface area contributed by atoms with E-state index in [0.29, 0.717) is 18.1 Å². The molecule has 0 aromatic heterocycles. The van der Waals surface area contributed by atoms with Gasteiger partial charge in [0.15, 0.2) is 9.84 Å². The van der Waals surface area contributed by atoms with Gasteiger partial charge in [0.05, 0.1) is 11.5 Å². The fourth-order valence-electron chi connectivity index (χ4n) is 2.31. The number of nitrogens with one attached hydrogen (secondary N) is 1. The Morgan fingerprint density at radius 2 is 2.10 bits per heavy atom. The predicted octanol–water partition coefficient (Wildman–Crippen LogP) is 1.78. The van der Waals surface area contributed by atoms with Gasteiger partial charge in [-0.05, 0) is 36.6 Å². The predicted molar refractivity (Wildman–Crippen MR) is 80.6 cm³/mol. The molecule has 1 aliphatic heterocycles. The molecule has 0 amide bonds. The van der Waals surface area contributed by atoms with Crippen LogP contribution in [-0.4, -0.2) is 33.1 Å². The highest BCUT2D eigenvalue weighted by molar-refractivity contribution is 7.91. The molecule has 1 N–H and O–H groups in total. The fourth-order valence-corrected chi connectivity index (χ4v) is 4.17. The largest absolute Gasteiger partial charge is 0.490 e. The normalized spacial score (nSPS) is 20.7. The number of sulfone groups is 1. The molecule has 0 aliphatic carbocycles. The molecule has 4 nitrogen and oxygen atoms in total. The maximum absolute atomic E-state index is 11.3. The first kappa shape index (κ1) is 15.1. The average molecular weight is 295 g/mol. The summed E-state index contributed by atoms with van der Waals surface area (Å²) in [5.41, 5.74) is 1.16. The molecule has 2 rings (SSSR count). The van der Waals surface area contributed by atoms with Gasteiger partial charge in [-0.15, -0.1) is 0 Å². The third-order valence-corrected chi connectivity index (χ3v) is 5.22. The van der Waals surface area contributed by atoms with Gasteiger partial charge in [-0.25, -0.2) is 8.42 Å². The second kappa shape index (κ2) is 6.90. The van der Waals surface area contributed by atoms with Crippen molar-refractivity contribution in [2.45, 2.75) is 13.0 Å². The Balaban J connectivity index is 1.73. The Bertz CT molecular complexity index is 537. The first-order chi connectivity index (χ1) is 9.59. The molecule has 0 saturated carbocycles. The van der Waals surface area contributed by atoms with Gasteiger partial charge >= 0.3 is 0 Å². The average Bonchev–Trinajstić information content (AvgIpc) is 2.77. The molecule has 1 unspecified atom stereocenters. The number of ether oxygens (including phenoxy) is 1. The summed E-state index contributed by atoms with van der Waals surface area (Å²) in [5, 5.41) is 3.32. The summed E-state index contributed by atoms with van der Waals surface area (Å²) in [5.74, 6) is 1.76. The van der Waals surface area contributed by atoms with Gasteiger partial charge in [0.25, 0.3) is 0 Å². The molecule has 1 aromatic rings. The van der Waals surface area contributed by atoms with Gasteiger partial charge in [-0.1, -0.05) is 24.8 Å². The van der Waals surface area contributed by atoms with Crippen LogP contribution in [0.1, 0.15) is 12.0 Å². The van der Waals surface area contributed by atoms with E-state index in [1.807, 2.05) is 24.3 Å². The lowest BCUT2D eigenvalue weighted by atomic mass is 10.1. The van der Waals surface area contributed by atoms with Crippen LogP contribution in [0, 0.1) is 5.92 Å². The van der Waals surface area contributed by atoms with Gasteiger partial charge in [-0.2, -0.15) is 0 Å². The molecule has 0 bridgehead atoms. The minimum absolute atomic E-state index is 0.259. The van der Waals surface area contributed by atoms with E-state index in [1.165, 1.54) is 0 Å². The molecule has 20 heavy (non-hydrogen) atoms. The van der Waals surface area contributed by atoms with Crippen LogP contribution in [0.2, 0.25) is 0 Å². The van der Waals surface area contributed by atoms with Gasteiger partial charge in [-0.3, -0.25) is 0 Å². The van der Waals surface area contributed by atoms with Gasteiger partial charge in [0, 0.05) is 6.54 Å². The summed E-state index contributed by atoms with van der Waals surface area (Å²) >= 11 is 0. The van der Waals surface area contributed by atoms with Crippen molar-refractivity contribution in [3.05, 3.63) is 42.5 Å². The molecule has 1 atom stereocenters. The van der Waals surface area contributed by atoms with Crippen LogP contribution >= 0.6 is 0 Å². The van der Waals surface area contributed by atoms with Crippen LogP contribution in [-0.2, 0) is 16.4 Å². The zero-order chi connectivity index (χ0) is 14.4. The lowest BCUT2D eigenvalue weighted by Crippen LogP contribution is -2.23. The minimum Gasteiger partial charge on any atom is -0.490 e. The molecular weight excluding hydrogens is 274 g/mol. The van der Waals surface area contributed by atoms with Crippen molar-refractivity contribution in [2.75, 3.05) is 24.7 Å². The van der Waals surface area contributed by atoms with E-state index in [2.05, 4.69) is 11.9 Å². The molecule has 1 heterocycles. The zero-order valence-electron chi connectivity index (χ0n) is 11.5. The van der Waals surface area contributed by atoms with E-state index >= 15 is 0 Å². The van der Waals surface area contributed by atoms with Crippen molar-refractivity contribution in [3.63, 3.8) is 0 Å². The summed E-state index contributed by atoms with van der Waals surface area (Å²) in [6.45, 7) is 5.62. The number of hydrogen-bond donors (Lipinski definition) is 1. The molecule has 0 spiro atoms. The maximum Gasteiger partial charge on any atom is 0.150 e. The third kappa shape index (κ3) is 4.65. The van der Waals surface area contributed by atoms with Crippen molar-refractivity contribution in [3.8, 4) is 5.75 Å². The minimum atomic E-state index is -2.77. The molecule has 1 aromatic carbocycles. The molecule has 1 fully saturated rings. The van der Waals surface area contributed by atoms with Crippen molar-refractivity contribution in [1.29, 1.82) is 0 Å². The third-order valence-electron chi connectivity index (χ3n) is 3.38. The van der Waals surface area contributed by atoms with Crippen LogP contribution in [0.25, 0.3) is 0 Å². The van der Waals surface area contributed by atoms with Gasteiger partial charge < -0.3 is 10.1 Å². The number of benzene rings is 1. The van der Waals surface area contributed by atoms with E-state index in [-0.39, 0.29) is 5.92 Å². The van der Waals surface area contributed by atoms with Gasteiger partial charge in [0.1, 0.15) is 12.4 Å². The molecule has 1 aliphatic rings. The van der Waals surface area contributed by atoms with E-state index in [9.17, 15) is 8.42 Å². The summed E-state index contributed by atoms with van der Waals surface area (Å²) < 4.78 is 28.1. The smallest absolute Gasteiger partial charge is 0.150 e. The van der Waals surface area contributed by atoms with Crippen molar-refractivity contribution in [1.82, 2.24) is 5.32 Å². The van der Waals surface area contributed by atoms with Crippen molar-refractivity contribution >= 4 is 9.84 Å². The van der Waals surface area contributed by atoms with E-state index in [4.69, 9.17) is 4.74 Å². The Morgan fingerprint density at radius 3 is 2.70 bits per heavy atom. The summed E-state index contributed by atoms with van der Waals surface area (Å²) in [6.07, 6.45) is 2.49. The van der Waals surface area contributed by atoms with Crippen molar-refractivity contribution < 1.29 is 13.2 Å². The molecule has 0 radical (unpaired) electrons. The van der Waals surface area contributed by atoms with Crippen LogP contribution in [0.3, 0.4) is 0 Å². The monoisotopic (exact) mass is 295 g/mol. The molecular formula is C15H21NO3S. The molecule has 110 valence electrons. The second-order valence-corrected chi connectivity index (χ2v) is 7.37. The Kier molecular flexibility index (Phi) is 5.20. The SMILES string of the molecule is C=CCOc1ccc(CNCC2CCS(=O)(=O)C2)cc1. The lowest BCUT2D eigenvalue weighted by Gasteiger charge is -2.10. The lowest BCUT2D eigenvalue weighted by molar-refractivity contribution is 0.363. The Labute approximate surface area is 120 Å². The maximum atomic E-state index is 11.3. The summed E-state index contributed by atoms with van der Waals surface area (Å²) in [6, 6.07) is 7.88. The fraction of sp³-hybridized carbons (Fsp3) is 0.467. The summed E-state index contributed by atoms with van der Waals surface area (Å²) in [7, 11) is -2.77. The standard InChI is InChI=1S/C15H21NO3S/c1-2-8-19-15-5-3-13(4-6-15)10-16-11-14-7-9-20(17,18)12-14/h2-6,14,16H,1,7-12H2. The Morgan fingerprint density at radius 1 is 1.35 bits per heavy atom. The van der Waals surface area contributed by atoms with Crippen LogP contribution in [0.4, 0.5) is 0 Å². The van der Waals surface area contributed by atoms with Gasteiger partial charge in [0.2, 0.25) is 0 Å². The van der Waals surface area contributed by atoms with Crippen LogP contribution < -0.4 is 10.1 Å². The van der Waals surface area contributed by atoms with Crippen LogP contribution in [0.5, 0.6) is 5.75 Å². The molecule has 5 heteroatoms. The first-order valence-corrected chi connectivity index (χ1v) is 8.65. The molecule has 1 saturated heterocycles. The quantitative estimate of drug-likeness (QED) is 0.779. The van der Waals surface area contributed by atoms with E-state index in [1.54, 1.807) is 6.08 Å². The summed E-state index contributed by atoms with van der Waals surface area (Å²) in [4.78, 5) is 0. The number of hydrogen-bond acceptors (Lipinski definition) is 4. The van der Waals surface area contributed by atoms with E-state index < -0.39 is 9.84 Å². The highest BCUT2D eigenvalue weighted by Gasteiger charge is 2.27.